The summed E-state index contributed by atoms with van der Waals surface area (Å²) in [6.45, 7) is 4.06. The Morgan fingerprint density at radius 2 is 2.19 bits per heavy atom. The summed E-state index contributed by atoms with van der Waals surface area (Å²) in [7, 11) is 1.99. The van der Waals surface area contributed by atoms with E-state index in [1.165, 1.54) is 6.07 Å². The van der Waals surface area contributed by atoms with Crippen LogP contribution >= 0.6 is 0 Å². The fourth-order valence-electron chi connectivity index (χ4n) is 2.69. The van der Waals surface area contributed by atoms with Gasteiger partial charge >= 0.3 is 0 Å². The van der Waals surface area contributed by atoms with Crippen molar-refractivity contribution >= 4 is 11.6 Å². The highest BCUT2D eigenvalue weighted by atomic mass is 16.6. The minimum Gasteiger partial charge on any atom is -0.332 e. The first-order chi connectivity index (χ1) is 9.95. The zero-order chi connectivity index (χ0) is 15.6. The van der Waals surface area contributed by atoms with E-state index < -0.39 is 4.92 Å². The van der Waals surface area contributed by atoms with Crippen LogP contribution in [-0.2, 0) is 0 Å². The highest BCUT2D eigenvalue weighted by molar-refractivity contribution is 5.97. The molecule has 21 heavy (non-hydrogen) atoms. The Morgan fingerprint density at radius 1 is 1.48 bits per heavy atom. The number of nitrogens with zero attached hydrogens (tertiary/aromatic N) is 3. The number of benzene rings is 1. The third kappa shape index (κ3) is 3.03. The molecule has 1 atom stereocenters. The Morgan fingerprint density at radius 3 is 2.81 bits per heavy atom. The lowest BCUT2D eigenvalue weighted by Crippen LogP contribution is -2.56. The zero-order valence-corrected chi connectivity index (χ0v) is 12.3. The number of rotatable bonds is 3. The normalized spacial score (nSPS) is 19.6. The molecular weight excluding hydrogens is 272 g/mol. The summed E-state index contributed by atoms with van der Waals surface area (Å²) in [5.74, 6) is -0.181. The van der Waals surface area contributed by atoms with Crippen molar-refractivity contribution in [2.45, 2.75) is 13.0 Å². The molecule has 0 spiro atoms. The quantitative estimate of drug-likeness (QED) is 0.651. The molecule has 1 heterocycles. The molecule has 1 aliphatic rings. The molecule has 7 heteroatoms. The summed E-state index contributed by atoms with van der Waals surface area (Å²) in [5.41, 5.74) is 6.52. The van der Waals surface area contributed by atoms with Crippen LogP contribution in [-0.4, -0.2) is 59.9 Å². The number of nitro benzene ring substituents is 1. The molecular formula is C14H20N4O3. The van der Waals surface area contributed by atoms with E-state index in [4.69, 9.17) is 5.73 Å². The van der Waals surface area contributed by atoms with Gasteiger partial charge in [0.2, 0.25) is 0 Å². The second-order valence-corrected chi connectivity index (χ2v) is 5.36. The van der Waals surface area contributed by atoms with Crippen LogP contribution in [0.25, 0.3) is 0 Å². The molecule has 1 aromatic rings. The lowest BCUT2D eigenvalue weighted by Gasteiger charge is -2.39. The molecule has 0 bridgehead atoms. The van der Waals surface area contributed by atoms with E-state index >= 15 is 0 Å². The van der Waals surface area contributed by atoms with Gasteiger partial charge in [0.25, 0.3) is 11.6 Å². The minimum absolute atomic E-state index is 0.0284. The largest absolute Gasteiger partial charge is 0.332 e. The van der Waals surface area contributed by atoms with E-state index in [9.17, 15) is 14.9 Å². The van der Waals surface area contributed by atoms with E-state index in [-0.39, 0.29) is 17.6 Å². The van der Waals surface area contributed by atoms with E-state index in [1.807, 2.05) is 7.05 Å². The number of hydrogen-bond donors (Lipinski definition) is 1. The van der Waals surface area contributed by atoms with Gasteiger partial charge in [0.1, 0.15) is 0 Å². The molecule has 0 radical (unpaired) electrons. The molecule has 0 aromatic heterocycles. The Bertz CT molecular complexity index is 561. The van der Waals surface area contributed by atoms with Gasteiger partial charge < -0.3 is 15.5 Å². The van der Waals surface area contributed by atoms with Crippen LogP contribution in [0.3, 0.4) is 0 Å². The van der Waals surface area contributed by atoms with Gasteiger partial charge in [-0.05, 0) is 20.0 Å². The van der Waals surface area contributed by atoms with Crippen molar-refractivity contribution in [3.63, 3.8) is 0 Å². The fraction of sp³-hybridized carbons (Fsp3) is 0.500. The van der Waals surface area contributed by atoms with Gasteiger partial charge in [-0.2, -0.15) is 0 Å². The monoisotopic (exact) mass is 292 g/mol. The van der Waals surface area contributed by atoms with Gasteiger partial charge in [-0.1, -0.05) is 6.07 Å². The van der Waals surface area contributed by atoms with Crippen molar-refractivity contribution in [2.24, 2.45) is 5.73 Å². The van der Waals surface area contributed by atoms with Crippen LogP contribution in [0.15, 0.2) is 18.2 Å². The molecule has 1 amide bonds. The summed E-state index contributed by atoms with van der Waals surface area (Å²) in [5, 5.41) is 11.0. The number of likely N-dealkylation sites (N-methyl/N-ethyl adjacent to an activating group) is 1. The first kappa shape index (κ1) is 15.4. The van der Waals surface area contributed by atoms with Crippen LogP contribution in [0.2, 0.25) is 0 Å². The number of nitro groups is 1. The number of hydrogen-bond acceptors (Lipinski definition) is 5. The van der Waals surface area contributed by atoms with Gasteiger partial charge in [0, 0.05) is 43.4 Å². The predicted octanol–water partition coefficient (Wildman–Crippen LogP) is 0.618. The van der Waals surface area contributed by atoms with Gasteiger partial charge in [0.05, 0.1) is 11.0 Å². The van der Waals surface area contributed by atoms with Gasteiger partial charge in [-0.15, -0.1) is 0 Å². The molecule has 1 saturated heterocycles. The molecule has 7 nitrogen and oxygen atoms in total. The van der Waals surface area contributed by atoms with Gasteiger partial charge in [0.15, 0.2) is 0 Å². The third-order valence-corrected chi connectivity index (χ3v) is 3.95. The van der Waals surface area contributed by atoms with E-state index in [0.717, 1.165) is 13.1 Å². The van der Waals surface area contributed by atoms with E-state index in [2.05, 4.69) is 4.90 Å². The third-order valence-electron chi connectivity index (χ3n) is 3.95. The number of amides is 1. The summed E-state index contributed by atoms with van der Waals surface area (Å²) < 4.78 is 0. The number of nitrogens with two attached hydrogens (primary N) is 1. The van der Waals surface area contributed by atoms with Crippen LogP contribution in [0.1, 0.15) is 15.9 Å². The Kier molecular flexibility index (Phi) is 4.54. The maximum Gasteiger partial charge on any atom is 0.273 e. The number of carbonyl (C=O) groups excluding carboxylic acids is 1. The fourth-order valence-corrected chi connectivity index (χ4v) is 2.69. The Balaban J connectivity index is 2.31. The minimum atomic E-state index is -0.462. The standard InChI is InChI=1S/C14H20N4O3/c1-10-12(4-3-5-13(10)18(20)21)14(19)17-7-6-16(2)9-11(17)8-15/h3-5,11H,6-9,15H2,1-2H3. The van der Waals surface area contributed by atoms with Crippen molar-refractivity contribution < 1.29 is 9.72 Å². The molecule has 114 valence electrons. The van der Waals surface area contributed by atoms with E-state index in [0.29, 0.717) is 24.2 Å². The summed E-state index contributed by atoms with van der Waals surface area (Å²) in [6.07, 6.45) is 0. The van der Waals surface area contributed by atoms with Crippen LogP contribution < -0.4 is 5.73 Å². The van der Waals surface area contributed by atoms with Crippen molar-refractivity contribution in [2.75, 3.05) is 33.2 Å². The molecule has 1 aliphatic heterocycles. The Hall–Kier alpha value is -1.99. The molecule has 0 aliphatic carbocycles. The zero-order valence-electron chi connectivity index (χ0n) is 12.3. The SMILES string of the molecule is Cc1c(C(=O)N2CCN(C)CC2CN)cccc1[N+](=O)[O-]. The van der Waals surface area contributed by atoms with Crippen molar-refractivity contribution in [3.8, 4) is 0 Å². The van der Waals surface area contributed by atoms with Crippen molar-refractivity contribution in [1.29, 1.82) is 0 Å². The highest BCUT2D eigenvalue weighted by Crippen LogP contribution is 2.23. The summed E-state index contributed by atoms with van der Waals surface area (Å²) in [6, 6.07) is 4.54. The average Bonchev–Trinajstić information content (AvgIpc) is 2.46. The van der Waals surface area contributed by atoms with Crippen LogP contribution in [0.4, 0.5) is 5.69 Å². The van der Waals surface area contributed by atoms with Crippen molar-refractivity contribution in [1.82, 2.24) is 9.80 Å². The molecule has 2 N–H and O–H groups in total. The maximum atomic E-state index is 12.7. The summed E-state index contributed by atoms with van der Waals surface area (Å²) in [4.78, 5) is 27.1. The first-order valence-corrected chi connectivity index (χ1v) is 6.89. The molecule has 1 aromatic carbocycles. The van der Waals surface area contributed by atoms with Crippen molar-refractivity contribution in [3.05, 3.63) is 39.4 Å². The number of carbonyl (C=O) groups is 1. The van der Waals surface area contributed by atoms with Crippen LogP contribution in [0, 0.1) is 17.0 Å². The molecule has 1 unspecified atom stereocenters. The molecule has 2 rings (SSSR count). The van der Waals surface area contributed by atoms with Crippen LogP contribution in [0.5, 0.6) is 0 Å². The lowest BCUT2D eigenvalue weighted by molar-refractivity contribution is -0.385. The maximum absolute atomic E-state index is 12.7. The topological polar surface area (TPSA) is 92.7 Å². The Labute approximate surface area is 123 Å². The number of piperazine rings is 1. The lowest BCUT2D eigenvalue weighted by atomic mass is 10.0. The summed E-state index contributed by atoms with van der Waals surface area (Å²) >= 11 is 0. The second-order valence-electron chi connectivity index (χ2n) is 5.36. The first-order valence-electron chi connectivity index (χ1n) is 6.89. The average molecular weight is 292 g/mol. The van der Waals surface area contributed by atoms with Gasteiger partial charge in [-0.3, -0.25) is 14.9 Å². The second kappa shape index (κ2) is 6.19. The highest BCUT2D eigenvalue weighted by Gasteiger charge is 2.30. The molecule has 1 fully saturated rings. The van der Waals surface area contributed by atoms with E-state index in [1.54, 1.807) is 24.0 Å². The smallest absolute Gasteiger partial charge is 0.273 e. The predicted molar refractivity (Wildman–Crippen MR) is 79.2 cm³/mol. The molecule has 0 saturated carbocycles. The van der Waals surface area contributed by atoms with Gasteiger partial charge in [-0.25, -0.2) is 0 Å².